The molecular formula is C15H22ClN3O. The maximum atomic E-state index is 12.0. The van der Waals surface area contributed by atoms with E-state index in [4.69, 9.17) is 17.3 Å². The highest BCUT2D eigenvalue weighted by molar-refractivity contribution is 6.30. The van der Waals surface area contributed by atoms with Crippen LogP contribution in [0.4, 0.5) is 5.69 Å². The second-order valence-electron chi connectivity index (χ2n) is 5.56. The molecule has 1 saturated heterocycles. The van der Waals surface area contributed by atoms with Crippen molar-refractivity contribution in [2.45, 2.75) is 13.3 Å². The molecule has 2 rings (SSSR count). The molecule has 1 aromatic carbocycles. The molecule has 0 spiro atoms. The first-order chi connectivity index (χ1) is 9.58. The molecular weight excluding hydrogens is 274 g/mol. The van der Waals surface area contributed by atoms with Crippen molar-refractivity contribution in [2.24, 2.45) is 17.6 Å². The fourth-order valence-corrected chi connectivity index (χ4v) is 2.84. The third kappa shape index (κ3) is 4.20. The number of carbonyl (C=O) groups excluding carboxylic acids is 1. The van der Waals surface area contributed by atoms with E-state index in [1.807, 2.05) is 12.1 Å². The van der Waals surface area contributed by atoms with E-state index in [0.717, 1.165) is 25.2 Å². The van der Waals surface area contributed by atoms with Crippen molar-refractivity contribution in [3.8, 4) is 0 Å². The van der Waals surface area contributed by atoms with Gasteiger partial charge in [0, 0.05) is 17.3 Å². The number of hydrogen-bond acceptors (Lipinski definition) is 3. The summed E-state index contributed by atoms with van der Waals surface area (Å²) in [5.74, 6) is 1.13. The van der Waals surface area contributed by atoms with Crippen LogP contribution in [0.15, 0.2) is 24.3 Å². The lowest BCUT2D eigenvalue weighted by Gasteiger charge is -2.36. The van der Waals surface area contributed by atoms with Crippen molar-refractivity contribution >= 4 is 23.2 Å². The van der Waals surface area contributed by atoms with Crippen molar-refractivity contribution in [1.82, 2.24) is 4.90 Å². The van der Waals surface area contributed by atoms with Gasteiger partial charge in [0.05, 0.1) is 6.54 Å². The van der Waals surface area contributed by atoms with Crippen molar-refractivity contribution in [1.29, 1.82) is 0 Å². The fourth-order valence-electron chi connectivity index (χ4n) is 2.65. The van der Waals surface area contributed by atoms with E-state index in [1.54, 1.807) is 12.1 Å². The second-order valence-corrected chi connectivity index (χ2v) is 5.99. The van der Waals surface area contributed by atoms with Crippen molar-refractivity contribution in [3.63, 3.8) is 0 Å². The van der Waals surface area contributed by atoms with Gasteiger partial charge >= 0.3 is 0 Å². The van der Waals surface area contributed by atoms with Gasteiger partial charge in [-0.05, 0) is 49.5 Å². The summed E-state index contributed by atoms with van der Waals surface area (Å²) >= 11 is 5.90. The number of nitrogens with two attached hydrogens (primary N) is 1. The highest BCUT2D eigenvalue weighted by Gasteiger charge is 2.26. The van der Waals surface area contributed by atoms with Crippen LogP contribution < -0.4 is 11.1 Å². The molecule has 2 atom stereocenters. The minimum Gasteiger partial charge on any atom is -0.330 e. The van der Waals surface area contributed by atoms with E-state index in [-0.39, 0.29) is 5.91 Å². The van der Waals surface area contributed by atoms with Gasteiger partial charge in [-0.2, -0.15) is 0 Å². The molecule has 20 heavy (non-hydrogen) atoms. The number of amides is 1. The molecule has 110 valence electrons. The Balaban J connectivity index is 1.85. The molecule has 0 aromatic heterocycles. The molecule has 4 nitrogen and oxygen atoms in total. The zero-order valence-corrected chi connectivity index (χ0v) is 12.6. The number of rotatable bonds is 4. The van der Waals surface area contributed by atoms with Crippen molar-refractivity contribution in [2.75, 3.05) is 31.5 Å². The molecule has 0 bridgehead atoms. The summed E-state index contributed by atoms with van der Waals surface area (Å²) in [5.41, 5.74) is 6.52. The number of hydrogen-bond donors (Lipinski definition) is 2. The van der Waals surface area contributed by atoms with E-state index in [2.05, 4.69) is 17.1 Å². The first-order valence-corrected chi connectivity index (χ1v) is 7.44. The zero-order valence-electron chi connectivity index (χ0n) is 11.8. The highest BCUT2D eigenvalue weighted by Crippen LogP contribution is 2.22. The number of nitrogens with one attached hydrogen (secondary N) is 1. The predicted molar refractivity (Wildman–Crippen MR) is 82.8 cm³/mol. The van der Waals surface area contributed by atoms with Crippen molar-refractivity contribution in [3.05, 3.63) is 29.3 Å². The number of likely N-dealkylation sites (tertiary alicyclic amines) is 1. The Hall–Kier alpha value is -1.10. The van der Waals surface area contributed by atoms with Crippen LogP contribution >= 0.6 is 11.6 Å². The number of anilines is 1. The van der Waals surface area contributed by atoms with Crippen LogP contribution in [-0.2, 0) is 4.79 Å². The normalized spacial score (nSPS) is 23.6. The molecule has 2 unspecified atom stereocenters. The predicted octanol–water partition coefficient (Wildman–Crippen LogP) is 2.20. The number of halogens is 1. The van der Waals surface area contributed by atoms with E-state index in [9.17, 15) is 4.79 Å². The molecule has 5 heteroatoms. The van der Waals surface area contributed by atoms with Crippen molar-refractivity contribution < 1.29 is 4.79 Å². The summed E-state index contributed by atoms with van der Waals surface area (Å²) in [6, 6.07) is 7.20. The van der Waals surface area contributed by atoms with Gasteiger partial charge in [0.15, 0.2) is 0 Å². The molecule has 0 saturated carbocycles. The fraction of sp³-hybridized carbons (Fsp3) is 0.533. The van der Waals surface area contributed by atoms with Crippen LogP contribution in [0, 0.1) is 11.8 Å². The Bertz CT molecular complexity index is 466. The van der Waals surface area contributed by atoms with Gasteiger partial charge in [0.25, 0.3) is 0 Å². The highest BCUT2D eigenvalue weighted by atomic mass is 35.5. The lowest BCUT2D eigenvalue weighted by atomic mass is 9.87. The van der Waals surface area contributed by atoms with Crippen LogP contribution in [-0.4, -0.2) is 37.0 Å². The first-order valence-electron chi connectivity index (χ1n) is 7.06. The molecule has 0 radical (unpaired) electrons. The van der Waals surface area contributed by atoms with Crippen LogP contribution in [0.25, 0.3) is 0 Å². The molecule has 0 aliphatic carbocycles. The van der Waals surface area contributed by atoms with Gasteiger partial charge < -0.3 is 11.1 Å². The van der Waals surface area contributed by atoms with Crippen LogP contribution in [0.3, 0.4) is 0 Å². The third-order valence-corrected chi connectivity index (χ3v) is 4.21. The molecule has 1 amide bonds. The van der Waals surface area contributed by atoms with Gasteiger partial charge in [-0.3, -0.25) is 9.69 Å². The van der Waals surface area contributed by atoms with Gasteiger partial charge in [-0.1, -0.05) is 24.6 Å². The minimum atomic E-state index is -0.00223. The number of benzene rings is 1. The Morgan fingerprint density at radius 2 is 2.35 bits per heavy atom. The first kappa shape index (κ1) is 15.3. The maximum Gasteiger partial charge on any atom is 0.238 e. The molecule has 1 aliphatic rings. The van der Waals surface area contributed by atoms with Gasteiger partial charge in [0.2, 0.25) is 5.91 Å². The van der Waals surface area contributed by atoms with Gasteiger partial charge in [-0.25, -0.2) is 0 Å². The van der Waals surface area contributed by atoms with E-state index in [0.29, 0.717) is 29.9 Å². The largest absolute Gasteiger partial charge is 0.330 e. The standard InChI is InChI=1S/C15H22ClN3O/c1-11-5-6-19(9-12(11)8-17)10-15(20)18-14-4-2-3-13(16)7-14/h2-4,7,11-12H,5-6,8-10,17H2,1H3,(H,18,20). The lowest BCUT2D eigenvalue weighted by Crippen LogP contribution is -2.45. The third-order valence-electron chi connectivity index (χ3n) is 3.98. The molecule has 1 aliphatic heterocycles. The topological polar surface area (TPSA) is 58.4 Å². The number of carbonyl (C=O) groups is 1. The Morgan fingerprint density at radius 3 is 3.05 bits per heavy atom. The Morgan fingerprint density at radius 1 is 1.55 bits per heavy atom. The maximum absolute atomic E-state index is 12.0. The summed E-state index contributed by atoms with van der Waals surface area (Å²) in [6.07, 6.45) is 1.10. The summed E-state index contributed by atoms with van der Waals surface area (Å²) in [4.78, 5) is 14.2. The number of piperidine rings is 1. The molecule has 1 heterocycles. The average molecular weight is 296 g/mol. The number of nitrogens with zero attached hydrogens (tertiary/aromatic N) is 1. The molecule has 3 N–H and O–H groups in total. The van der Waals surface area contributed by atoms with E-state index in [1.165, 1.54) is 0 Å². The smallest absolute Gasteiger partial charge is 0.238 e. The average Bonchev–Trinajstić information content (AvgIpc) is 2.41. The second kappa shape index (κ2) is 7.07. The summed E-state index contributed by atoms with van der Waals surface area (Å²) < 4.78 is 0. The summed E-state index contributed by atoms with van der Waals surface area (Å²) in [7, 11) is 0. The van der Waals surface area contributed by atoms with E-state index >= 15 is 0 Å². The van der Waals surface area contributed by atoms with Crippen LogP contribution in [0.2, 0.25) is 5.02 Å². The zero-order chi connectivity index (χ0) is 14.5. The summed E-state index contributed by atoms with van der Waals surface area (Å²) in [5, 5.41) is 3.50. The van der Waals surface area contributed by atoms with E-state index < -0.39 is 0 Å². The van der Waals surface area contributed by atoms with Gasteiger partial charge in [0.1, 0.15) is 0 Å². The van der Waals surface area contributed by atoms with Crippen LogP contribution in [0.5, 0.6) is 0 Å². The Labute approximate surface area is 125 Å². The lowest BCUT2D eigenvalue weighted by molar-refractivity contribution is -0.117. The Kier molecular flexibility index (Phi) is 5.40. The van der Waals surface area contributed by atoms with Crippen LogP contribution in [0.1, 0.15) is 13.3 Å². The monoisotopic (exact) mass is 295 g/mol. The van der Waals surface area contributed by atoms with Gasteiger partial charge in [-0.15, -0.1) is 0 Å². The summed E-state index contributed by atoms with van der Waals surface area (Å²) in [6.45, 7) is 5.20. The minimum absolute atomic E-state index is 0.00223. The molecule has 1 fully saturated rings. The quantitative estimate of drug-likeness (QED) is 0.895. The SMILES string of the molecule is CC1CCN(CC(=O)Nc2cccc(Cl)c2)CC1CN. The molecule has 1 aromatic rings.